The number of epoxide rings is 1. The van der Waals surface area contributed by atoms with Crippen LogP contribution in [0.5, 0.6) is 0 Å². The van der Waals surface area contributed by atoms with Gasteiger partial charge in [0.25, 0.3) is 5.69 Å². The van der Waals surface area contributed by atoms with Crippen LogP contribution in [0.4, 0.5) is 5.69 Å². The Hall–Kier alpha value is -2.53. The van der Waals surface area contributed by atoms with Gasteiger partial charge in [-0.05, 0) is 36.1 Å². The van der Waals surface area contributed by atoms with Crippen LogP contribution < -0.4 is 0 Å². The summed E-state index contributed by atoms with van der Waals surface area (Å²) < 4.78 is 5.78. The third-order valence-electron chi connectivity index (χ3n) is 4.51. The molecule has 1 heterocycles. The van der Waals surface area contributed by atoms with Gasteiger partial charge in [-0.2, -0.15) is 0 Å². The number of rotatable bonds is 2. The van der Waals surface area contributed by atoms with E-state index in [9.17, 15) is 14.9 Å². The number of non-ortho nitro benzene ring substituents is 1. The fourth-order valence-electron chi connectivity index (χ4n) is 3.27. The third kappa shape index (κ3) is 1.79. The van der Waals surface area contributed by atoms with Crippen molar-refractivity contribution in [2.24, 2.45) is 0 Å². The highest BCUT2D eigenvalue weighted by atomic mass is 16.6. The molecule has 2 aliphatic rings. The first-order chi connectivity index (χ1) is 10.6. The Balaban J connectivity index is 1.64. The second-order valence-corrected chi connectivity index (χ2v) is 5.72. The van der Waals surface area contributed by atoms with Gasteiger partial charge < -0.3 is 4.74 Å². The van der Waals surface area contributed by atoms with E-state index in [4.69, 9.17) is 4.74 Å². The van der Waals surface area contributed by atoms with Crippen LogP contribution in [0.25, 0.3) is 0 Å². The maximum absolute atomic E-state index is 12.7. The van der Waals surface area contributed by atoms with E-state index in [-0.39, 0.29) is 17.6 Å². The summed E-state index contributed by atoms with van der Waals surface area (Å²) in [5.41, 5.74) is 1.89. The van der Waals surface area contributed by atoms with Gasteiger partial charge in [-0.3, -0.25) is 14.9 Å². The highest BCUT2D eigenvalue weighted by Crippen LogP contribution is 2.56. The Labute approximate surface area is 126 Å². The fraction of sp³-hybridized carbons (Fsp3) is 0.235. The molecule has 2 aromatic rings. The minimum absolute atomic E-state index is 0.0257. The number of benzene rings is 2. The van der Waals surface area contributed by atoms with Crippen LogP contribution >= 0.6 is 0 Å². The normalized spacial score (nSPS) is 25.8. The molecule has 1 saturated heterocycles. The summed E-state index contributed by atoms with van der Waals surface area (Å²) in [5.74, 6) is 0.0257. The molecule has 2 aromatic carbocycles. The number of hydrogen-bond donors (Lipinski definition) is 0. The van der Waals surface area contributed by atoms with E-state index < -0.39 is 10.5 Å². The number of nitro groups is 1. The topological polar surface area (TPSA) is 72.7 Å². The number of Topliss-reactive ketones (excluding diaryl/α,β-unsaturated/α-hetero) is 1. The zero-order valence-electron chi connectivity index (χ0n) is 11.7. The van der Waals surface area contributed by atoms with E-state index in [2.05, 4.69) is 0 Å². The summed E-state index contributed by atoms with van der Waals surface area (Å²) in [7, 11) is 0. The minimum atomic E-state index is -0.773. The van der Waals surface area contributed by atoms with Crippen molar-refractivity contribution in [1.29, 1.82) is 0 Å². The molecule has 22 heavy (non-hydrogen) atoms. The summed E-state index contributed by atoms with van der Waals surface area (Å²) in [5, 5.41) is 10.7. The molecule has 0 N–H and O–H groups in total. The summed E-state index contributed by atoms with van der Waals surface area (Å²) in [6.45, 7) is 0. The van der Waals surface area contributed by atoms with E-state index in [0.717, 1.165) is 23.1 Å². The molecule has 1 fully saturated rings. The van der Waals surface area contributed by atoms with Crippen LogP contribution in [-0.2, 0) is 11.2 Å². The molecule has 0 unspecified atom stereocenters. The molecule has 4 rings (SSSR count). The van der Waals surface area contributed by atoms with Crippen molar-refractivity contribution >= 4 is 11.5 Å². The number of hydrogen-bond acceptors (Lipinski definition) is 4. The molecule has 0 aromatic heterocycles. The molecule has 5 nitrogen and oxygen atoms in total. The second kappa shape index (κ2) is 4.48. The predicted octanol–water partition coefficient (Wildman–Crippen LogP) is 3.23. The summed E-state index contributed by atoms with van der Waals surface area (Å²) in [6.07, 6.45) is 1.17. The van der Waals surface area contributed by atoms with E-state index in [1.54, 1.807) is 12.1 Å². The van der Waals surface area contributed by atoms with Crippen LogP contribution in [0, 0.1) is 10.1 Å². The third-order valence-corrected chi connectivity index (χ3v) is 4.51. The number of nitrogens with zero attached hydrogens (tertiary/aromatic N) is 1. The highest BCUT2D eigenvalue weighted by molar-refractivity contribution is 6.07. The zero-order valence-corrected chi connectivity index (χ0v) is 11.7. The highest BCUT2D eigenvalue weighted by Gasteiger charge is 2.63. The molecule has 5 heteroatoms. The average molecular weight is 295 g/mol. The minimum Gasteiger partial charge on any atom is -0.352 e. The van der Waals surface area contributed by atoms with Crippen LogP contribution in [-0.4, -0.2) is 16.3 Å². The lowest BCUT2D eigenvalue weighted by Gasteiger charge is -2.20. The van der Waals surface area contributed by atoms with Gasteiger partial charge in [0.05, 0.1) is 4.92 Å². The van der Waals surface area contributed by atoms with Crippen molar-refractivity contribution in [1.82, 2.24) is 0 Å². The Morgan fingerprint density at radius 2 is 1.86 bits per heavy atom. The Kier molecular flexibility index (Phi) is 2.68. The van der Waals surface area contributed by atoms with Gasteiger partial charge in [0, 0.05) is 17.7 Å². The number of fused-ring (bicyclic) bond motifs is 1. The van der Waals surface area contributed by atoms with E-state index in [1.807, 2.05) is 24.3 Å². The van der Waals surface area contributed by atoms with Crippen LogP contribution in [0.15, 0.2) is 48.5 Å². The maximum atomic E-state index is 12.7. The van der Waals surface area contributed by atoms with Gasteiger partial charge >= 0.3 is 0 Å². The van der Waals surface area contributed by atoms with E-state index in [0.29, 0.717) is 6.42 Å². The Bertz CT molecular complexity index is 784. The van der Waals surface area contributed by atoms with Gasteiger partial charge in [-0.1, -0.05) is 24.3 Å². The van der Waals surface area contributed by atoms with Gasteiger partial charge in [0.15, 0.2) is 11.4 Å². The van der Waals surface area contributed by atoms with Gasteiger partial charge in [0.1, 0.15) is 6.10 Å². The molecule has 1 aliphatic heterocycles. The van der Waals surface area contributed by atoms with E-state index in [1.165, 1.54) is 12.1 Å². The first-order valence-corrected chi connectivity index (χ1v) is 7.17. The number of aryl methyl sites for hydroxylation is 1. The second-order valence-electron chi connectivity index (χ2n) is 5.72. The summed E-state index contributed by atoms with van der Waals surface area (Å²) in [6, 6.07) is 13.9. The molecule has 110 valence electrons. The average Bonchev–Trinajstić information content (AvgIpc) is 3.27. The zero-order chi connectivity index (χ0) is 15.3. The van der Waals surface area contributed by atoms with Crippen molar-refractivity contribution in [3.8, 4) is 0 Å². The molecule has 1 spiro atoms. The van der Waals surface area contributed by atoms with Gasteiger partial charge in [-0.15, -0.1) is 0 Å². The Morgan fingerprint density at radius 1 is 1.14 bits per heavy atom. The number of ketones is 1. The van der Waals surface area contributed by atoms with Crippen molar-refractivity contribution in [3.63, 3.8) is 0 Å². The molecule has 0 radical (unpaired) electrons. The van der Waals surface area contributed by atoms with Gasteiger partial charge in [0.2, 0.25) is 0 Å². The van der Waals surface area contributed by atoms with E-state index >= 15 is 0 Å². The standard InChI is InChI=1S/C17H13NO4/c19-15-14-4-2-1-3-11(14)9-10-17(15)16(22-17)12-5-7-13(8-6-12)18(20)21/h1-8,16H,9-10H2/t16-,17+/m0/s1. The quantitative estimate of drug-likeness (QED) is 0.484. The number of carbonyl (C=O) groups is 1. The Morgan fingerprint density at radius 3 is 2.59 bits per heavy atom. The lowest BCUT2D eigenvalue weighted by atomic mass is 9.79. The van der Waals surface area contributed by atoms with Crippen LogP contribution in [0.2, 0.25) is 0 Å². The molecule has 1 aliphatic carbocycles. The molecule has 0 saturated carbocycles. The molecular weight excluding hydrogens is 282 g/mol. The first-order valence-electron chi connectivity index (χ1n) is 7.17. The molecular formula is C17H13NO4. The van der Waals surface area contributed by atoms with Crippen LogP contribution in [0.1, 0.15) is 34.0 Å². The fourth-order valence-corrected chi connectivity index (χ4v) is 3.27. The van der Waals surface area contributed by atoms with Crippen molar-refractivity contribution in [2.75, 3.05) is 0 Å². The number of ether oxygens (including phenoxy) is 1. The summed E-state index contributed by atoms with van der Waals surface area (Å²) >= 11 is 0. The van der Waals surface area contributed by atoms with Crippen molar-refractivity contribution in [2.45, 2.75) is 24.5 Å². The monoisotopic (exact) mass is 295 g/mol. The molecule has 2 atom stereocenters. The number of carbonyl (C=O) groups excluding carboxylic acids is 1. The van der Waals surface area contributed by atoms with Crippen LogP contribution in [0.3, 0.4) is 0 Å². The summed E-state index contributed by atoms with van der Waals surface area (Å²) in [4.78, 5) is 23.0. The van der Waals surface area contributed by atoms with Gasteiger partial charge in [-0.25, -0.2) is 0 Å². The largest absolute Gasteiger partial charge is 0.352 e. The lowest BCUT2D eigenvalue weighted by Crippen LogP contribution is -2.31. The first kappa shape index (κ1) is 13.2. The van der Waals surface area contributed by atoms with Crippen molar-refractivity contribution < 1.29 is 14.5 Å². The number of nitro benzene ring substituents is 1. The SMILES string of the molecule is O=C1c2ccccc2CC[C@@]12O[C@H]2c1ccc([N+](=O)[O-])cc1. The van der Waals surface area contributed by atoms with Crippen molar-refractivity contribution in [3.05, 3.63) is 75.3 Å². The molecule has 0 bridgehead atoms. The maximum Gasteiger partial charge on any atom is 0.269 e. The predicted molar refractivity (Wildman–Crippen MR) is 78.7 cm³/mol. The smallest absolute Gasteiger partial charge is 0.269 e. The molecule has 0 amide bonds. The lowest BCUT2D eigenvalue weighted by molar-refractivity contribution is -0.384.